The van der Waals surface area contributed by atoms with E-state index in [0.717, 1.165) is 45.1 Å². The third kappa shape index (κ3) is 4.85. The highest BCUT2D eigenvalue weighted by molar-refractivity contribution is 5.68. The number of carbonyl (C=O) groups excluding carboxylic acids is 1. The van der Waals surface area contributed by atoms with Crippen molar-refractivity contribution in [2.75, 3.05) is 6.54 Å². The van der Waals surface area contributed by atoms with Crippen LogP contribution in [0.4, 0.5) is 4.79 Å². The second-order valence-electron chi connectivity index (χ2n) is 8.69. The fourth-order valence-corrected chi connectivity index (χ4v) is 4.22. The van der Waals surface area contributed by atoms with E-state index in [1.807, 2.05) is 25.7 Å². The van der Waals surface area contributed by atoms with Crippen LogP contribution in [0.1, 0.15) is 73.1 Å². The summed E-state index contributed by atoms with van der Waals surface area (Å²) >= 11 is 0. The van der Waals surface area contributed by atoms with Crippen LogP contribution in [0, 0.1) is 17.8 Å². The van der Waals surface area contributed by atoms with Gasteiger partial charge in [0.05, 0.1) is 6.10 Å². The summed E-state index contributed by atoms with van der Waals surface area (Å²) in [5, 5.41) is 10.6. The molecule has 1 aliphatic heterocycles. The lowest BCUT2D eigenvalue weighted by molar-refractivity contribution is -0.0415. The monoisotopic (exact) mass is 325 g/mol. The van der Waals surface area contributed by atoms with E-state index in [4.69, 9.17) is 4.74 Å². The number of likely N-dealkylation sites (tertiary alicyclic amines) is 1. The maximum absolute atomic E-state index is 12.7. The maximum atomic E-state index is 12.7. The van der Waals surface area contributed by atoms with Gasteiger partial charge in [0.1, 0.15) is 5.60 Å². The molecular weight excluding hydrogens is 290 g/mol. The van der Waals surface area contributed by atoms with Crippen molar-refractivity contribution in [3.8, 4) is 0 Å². The summed E-state index contributed by atoms with van der Waals surface area (Å²) < 4.78 is 5.63. The molecule has 0 aromatic rings. The van der Waals surface area contributed by atoms with Gasteiger partial charge in [-0.1, -0.05) is 20.3 Å². The van der Waals surface area contributed by atoms with Crippen molar-refractivity contribution in [2.24, 2.45) is 17.8 Å². The van der Waals surface area contributed by atoms with Crippen molar-refractivity contribution in [3.05, 3.63) is 0 Å². The normalized spacial score (nSPS) is 35.9. The minimum Gasteiger partial charge on any atom is -0.444 e. The van der Waals surface area contributed by atoms with Crippen LogP contribution in [0.3, 0.4) is 0 Å². The summed E-state index contributed by atoms with van der Waals surface area (Å²) in [6.45, 7) is 11.0. The third-order valence-corrected chi connectivity index (χ3v) is 5.58. The first kappa shape index (κ1) is 18.6. The molecule has 0 aromatic carbocycles. The molecular formula is C19H35NO3. The Morgan fingerprint density at radius 1 is 1.22 bits per heavy atom. The number of amides is 1. The Hall–Kier alpha value is -0.770. The topological polar surface area (TPSA) is 49.8 Å². The number of ether oxygens (including phenoxy) is 1. The summed E-state index contributed by atoms with van der Waals surface area (Å²) in [5.41, 5.74) is -0.471. The van der Waals surface area contributed by atoms with E-state index in [0.29, 0.717) is 11.8 Å². The van der Waals surface area contributed by atoms with Gasteiger partial charge in [-0.2, -0.15) is 0 Å². The molecule has 0 radical (unpaired) electrons. The van der Waals surface area contributed by atoms with Gasteiger partial charge in [0.2, 0.25) is 0 Å². The second kappa shape index (κ2) is 7.42. The zero-order valence-corrected chi connectivity index (χ0v) is 15.5. The number of aliphatic hydroxyl groups excluding tert-OH is 1. The Morgan fingerprint density at radius 3 is 2.52 bits per heavy atom. The van der Waals surface area contributed by atoms with Crippen LogP contribution < -0.4 is 0 Å². The number of hydrogen-bond acceptors (Lipinski definition) is 3. The van der Waals surface area contributed by atoms with Crippen LogP contribution in [0.15, 0.2) is 0 Å². The fourth-order valence-electron chi connectivity index (χ4n) is 4.22. The van der Waals surface area contributed by atoms with Gasteiger partial charge >= 0.3 is 6.09 Å². The molecule has 1 amide bonds. The van der Waals surface area contributed by atoms with Crippen LogP contribution in [0.25, 0.3) is 0 Å². The first-order valence-corrected chi connectivity index (χ1v) is 9.39. The van der Waals surface area contributed by atoms with Gasteiger partial charge in [-0.3, -0.25) is 0 Å². The maximum Gasteiger partial charge on any atom is 0.410 e. The van der Waals surface area contributed by atoms with Crippen molar-refractivity contribution >= 4 is 6.09 Å². The number of carbonyl (C=O) groups is 1. The van der Waals surface area contributed by atoms with Gasteiger partial charge in [-0.25, -0.2) is 4.79 Å². The van der Waals surface area contributed by atoms with E-state index in [2.05, 4.69) is 13.8 Å². The Balaban J connectivity index is 2.16. The van der Waals surface area contributed by atoms with Gasteiger partial charge < -0.3 is 14.7 Å². The van der Waals surface area contributed by atoms with Crippen molar-refractivity contribution in [1.82, 2.24) is 4.90 Å². The van der Waals surface area contributed by atoms with E-state index in [1.165, 1.54) is 0 Å². The molecule has 5 unspecified atom stereocenters. The van der Waals surface area contributed by atoms with Crippen molar-refractivity contribution in [3.63, 3.8) is 0 Å². The largest absolute Gasteiger partial charge is 0.444 e. The molecule has 5 atom stereocenters. The highest BCUT2D eigenvalue weighted by Crippen LogP contribution is 2.39. The molecule has 0 spiro atoms. The standard InChI is InChI=1S/C19H35NO3/c1-6-14-9-10-20(18(22)23-19(3,4)5)16(12-14)15-11-13(2)7-8-17(15)21/h13-17,21H,6-12H2,1-5H3. The minimum atomic E-state index is -0.471. The Bertz CT molecular complexity index is 404. The summed E-state index contributed by atoms with van der Waals surface area (Å²) in [7, 11) is 0. The Morgan fingerprint density at radius 2 is 1.91 bits per heavy atom. The summed E-state index contributed by atoms with van der Waals surface area (Å²) in [4.78, 5) is 14.6. The van der Waals surface area contributed by atoms with Gasteiger partial charge in [0, 0.05) is 18.5 Å². The molecule has 0 aromatic heterocycles. The molecule has 1 saturated heterocycles. The molecule has 1 N–H and O–H groups in total. The molecule has 4 nitrogen and oxygen atoms in total. The minimum absolute atomic E-state index is 0.126. The molecule has 0 bridgehead atoms. The van der Waals surface area contributed by atoms with Crippen molar-refractivity contribution in [2.45, 2.75) is 90.9 Å². The molecule has 2 rings (SSSR count). The van der Waals surface area contributed by atoms with E-state index < -0.39 is 5.60 Å². The van der Waals surface area contributed by atoms with E-state index in [9.17, 15) is 9.90 Å². The lowest BCUT2D eigenvalue weighted by Crippen LogP contribution is -2.54. The molecule has 134 valence electrons. The van der Waals surface area contributed by atoms with Crippen LogP contribution in [0.5, 0.6) is 0 Å². The molecule has 1 saturated carbocycles. The Kier molecular flexibility index (Phi) is 5.99. The number of rotatable bonds is 2. The lowest BCUT2D eigenvalue weighted by Gasteiger charge is -2.46. The number of aliphatic hydroxyl groups is 1. The highest BCUT2D eigenvalue weighted by atomic mass is 16.6. The second-order valence-corrected chi connectivity index (χ2v) is 8.69. The van der Waals surface area contributed by atoms with Gasteiger partial charge in [0.15, 0.2) is 0 Å². The van der Waals surface area contributed by atoms with Gasteiger partial charge in [-0.15, -0.1) is 0 Å². The predicted octanol–water partition coefficient (Wildman–Crippen LogP) is 4.21. The molecule has 23 heavy (non-hydrogen) atoms. The van der Waals surface area contributed by atoms with Crippen molar-refractivity contribution < 1.29 is 14.6 Å². The van der Waals surface area contributed by atoms with Crippen LogP contribution in [-0.2, 0) is 4.74 Å². The Labute approximate surface area is 141 Å². The fraction of sp³-hybridized carbons (Fsp3) is 0.947. The van der Waals surface area contributed by atoms with E-state index >= 15 is 0 Å². The molecule has 2 aliphatic rings. The molecule has 2 fully saturated rings. The van der Waals surface area contributed by atoms with E-state index in [-0.39, 0.29) is 24.2 Å². The van der Waals surface area contributed by atoms with Crippen molar-refractivity contribution in [1.29, 1.82) is 0 Å². The third-order valence-electron chi connectivity index (χ3n) is 5.58. The first-order valence-electron chi connectivity index (χ1n) is 9.39. The summed E-state index contributed by atoms with van der Waals surface area (Å²) in [6, 6.07) is 0.126. The highest BCUT2D eigenvalue weighted by Gasteiger charge is 2.42. The zero-order chi connectivity index (χ0) is 17.2. The lowest BCUT2D eigenvalue weighted by atomic mass is 9.72. The summed E-state index contributed by atoms with van der Waals surface area (Å²) in [5.74, 6) is 1.48. The quantitative estimate of drug-likeness (QED) is 0.827. The predicted molar refractivity (Wildman–Crippen MR) is 92.3 cm³/mol. The first-order chi connectivity index (χ1) is 10.7. The molecule has 4 heteroatoms. The van der Waals surface area contributed by atoms with Crippen LogP contribution in [0.2, 0.25) is 0 Å². The van der Waals surface area contributed by atoms with Crippen LogP contribution in [-0.4, -0.2) is 40.4 Å². The number of hydrogen-bond donors (Lipinski definition) is 1. The van der Waals surface area contributed by atoms with Gasteiger partial charge in [-0.05, 0) is 64.7 Å². The number of piperidine rings is 1. The van der Waals surface area contributed by atoms with E-state index in [1.54, 1.807) is 0 Å². The molecule has 1 heterocycles. The summed E-state index contributed by atoms with van der Waals surface area (Å²) in [6.07, 6.45) is 5.68. The zero-order valence-electron chi connectivity index (χ0n) is 15.5. The smallest absolute Gasteiger partial charge is 0.410 e. The van der Waals surface area contributed by atoms with Gasteiger partial charge in [0.25, 0.3) is 0 Å². The average molecular weight is 325 g/mol. The molecule has 1 aliphatic carbocycles. The number of nitrogens with zero attached hydrogens (tertiary/aromatic N) is 1. The SMILES string of the molecule is CCC1CCN(C(=O)OC(C)(C)C)C(C2CC(C)CCC2O)C1. The van der Waals surface area contributed by atoms with Crippen LogP contribution >= 0.6 is 0 Å². The average Bonchev–Trinajstić information content (AvgIpc) is 2.47.